The molecule has 3 aromatic carbocycles. The summed E-state index contributed by atoms with van der Waals surface area (Å²) in [5.41, 5.74) is 4.23. The molecular weight excluding hydrogens is 448 g/mol. The standard InChI is InChI=1S/C23H17BrN2O2S/c1-27-18-9-7-13-5-3-4-6-14(13)16(18)12-25-23-26-22-20(29-23)11-15-17(24)8-10-19(28-2)21(15)22/h3-10,12H,11H2,1-2H3/b25-12+. The zero-order valence-corrected chi connectivity index (χ0v) is 18.3. The number of hydrogen-bond acceptors (Lipinski definition) is 5. The number of thiazole rings is 1. The summed E-state index contributed by atoms with van der Waals surface area (Å²) in [6.07, 6.45) is 2.70. The van der Waals surface area contributed by atoms with Crippen molar-refractivity contribution >= 4 is 49.4 Å². The van der Waals surface area contributed by atoms with Crippen LogP contribution in [0.25, 0.3) is 22.0 Å². The lowest BCUT2D eigenvalue weighted by atomic mass is 10.0. The lowest BCUT2D eigenvalue weighted by Crippen LogP contribution is -1.92. The minimum atomic E-state index is 0.734. The fourth-order valence-electron chi connectivity index (χ4n) is 3.78. The van der Waals surface area contributed by atoms with Crippen LogP contribution in [0.1, 0.15) is 16.0 Å². The van der Waals surface area contributed by atoms with Crippen molar-refractivity contribution < 1.29 is 9.47 Å². The number of methoxy groups -OCH3 is 2. The van der Waals surface area contributed by atoms with Crippen LogP contribution in [0.5, 0.6) is 11.5 Å². The molecule has 1 aliphatic carbocycles. The first kappa shape index (κ1) is 18.3. The molecule has 29 heavy (non-hydrogen) atoms. The monoisotopic (exact) mass is 464 g/mol. The molecule has 5 rings (SSSR count). The number of fused-ring (bicyclic) bond motifs is 4. The lowest BCUT2D eigenvalue weighted by Gasteiger charge is -2.08. The first-order valence-electron chi connectivity index (χ1n) is 9.15. The van der Waals surface area contributed by atoms with Gasteiger partial charge in [-0.3, -0.25) is 0 Å². The van der Waals surface area contributed by atoms with E-state index in [0.29, 0.717) is 0 Å². The topological polar surface area (TPSA) is 43.7 Å². The Labute approximate surface area is 181 Å². The average molecular weight is 465 g/mol. The van der Waals surface area contributed by atoms with Crippen molar-refractivity contribution in [1.82, 2.24) is 4.98 Å². The van der Waals surface area contributed by atoms with Crippen LogP contribution in [-0.2, 0) is 6.42 Å². The Morgan fingerprint density at radius 3 is 2.66 bits per heavy atom. The molecule has 4 aromatic rings. The van der Waals surface area contributed by atoms with Crippen LogP contribution in [0.2, 0.25) is 0 Å². The molecule has 1 heterocycles. The number of nitrogens with zero attached hydrogens (tertiary/aromatic N) is 2. The molecule has 0 atom stereocenters. The van der Waals surface area contributed by atoms with Gasteiger partial charge < -0.3 is 9.47 Å². The van der Waals surface area contributed by atoms with E-state index in [1.54, 1.807) is 25.6 Å². The van der Waals surface area contributed by atoms with Crippen molar-refractivity contribution in [3.8, 4) is 22.8 Å². The largest absolute Gasteiger partial charge is 0.496 e. The van der Waals surface area contributed by atoms with E-state index in [0.717, 1.165) is 55.1 Å². The second kappa shape index (κ2) is 7.28. The van der Waals surface area contributed by atoms with Gasteiger partial charge in [0.25, 0.3) is 0 Å². The Morgan fingerprint density at radius 2 is 1.83 bits per heavy atom. The third kappa shape index (κ3) is 3.03. The van der Waals surface area contributed by atoms with Crippen molar-refractivity contribution in [2.75, 3.05) is 14.2 Å². The Balaban J connectivity index is 1.57. The fraction of sp³-hybridized carbons (Fsp3) is 0.130. The summed E-state index contributed by atoms with van der Waals surface area (Å²) in [4.78, 5) is 10.7. The Bertz CT molecular complexity index is 1280. The maximum Gasteiger partial charge on any atom is 0.209 e. The predicted octanol–water partition coefficient (Wildman–Crippen LogP) is 6.40. The van der Waals surface area contributed by atoms with Crippen molar-refractivity contribution in [2.24, 2.45) is 4.99 Å². The summed E-state index contributed by atoms with van der Waals surface area (Å²) in [7, 11) is 3.38. The molecule has 0 amide bonds. The van der Waals surface area contributed by atoms with E-state index in [4.69, 9.17) is 19.5 Å². The second-order valence-electron chi connectivity index (χ2n) is 6.71. The van der Waals surface area contributed by atoms with Crippen molar-refractivity contribution in [3.05, 3.63) is 69.0 Å². The molecule has 0 fully saturated rings. The Hall–Kier alpha value is -2.70. The van der Waals surface area contributed by atoms with Gasteiger partial charge in [-0.15, -0.1) is 0 Å². The number of hydrogen-bond donors (Lipinski definition) is 0. The van der Waals surface area contributed by atoms with Gasteiger partial charge in [-0.2, -0.15) is 0 Å². The van der Waals surface area contributed by atoms with Gasteiger partial charge in [-0.1, -0.05) is 57.6 Å². The lowest BCUT2D eigenvalue weighted by molar-refractivity contribution is 0.415. The Morgan fingerprint density at radius 1 is 1.03 bits per heavy atom. The molecule has 1 aliphatic rings. The minimum Gasteiger partial charge on any atom is -0.496 e. The summed E-state index contributed by atoms with van der Waals surface area (Å²) in [5.74, 6) is 1.64. The van der Waals surface area contributed by atoms with Crippen LogP contribution in [0.4, 0.5) is 5.13 Å². The number of halogens is 1. The molecule has 1 aromatic heterocycles. The van der Waals surface area contributed by atoms with E-state index in [-0.39, 0.29) is 0 Å². The second-order valence-corrected chi connectivity index (χ2v) is 8.63. The highest BCUT2D eigenvalue weighted by atomic mass is 79.9. The third-order valence-corrected chi connectivity index (χ3v) is 6.86. The average Bonchev–Trinajstić information content (AvgIpc) is 3.31. The van der Waals surface area contributed by atoms with E-state index >= 15 is 0 Å². The molecule has 0 unspecified atom stereocenters. The van der Waals surface area contributed by atoms with E-state index in [2.05, 4.69) is 34.1 Å². The van der Waals surface area contributed by atoms with E-state index in [9.17, 15) is 0 Å². The molecule has 0 saturated carbocycles. The first-order chi connectivity index (χ1) is 14.2. The van der Waals surface area contributed by atoms with Gasteiger partial charge in [0.2, 0.25) is 5.13 Å². The number of rotatable bonds is 4. The number of aromatic nitrogens is 1. The van der Waals surface area contributed by atoms with Crippen LogP contribution in [0.3, 0.4) is 0 Å². The van der Waals surface area contributed by atoms with Crippen LogP contribution >= 0.6 is 27.3 Å². The molecule has 0 aliphatic heterocycles. The van der Waals surface area contributed by atoms with E-state index in [1.165, 1.54) is 10.4 Å². The first-order valence-corrected chi connectivity index (χ1v) is 10.8. The molecule has 6 heteroatoms. The molecule has 0 N–H and O–H groups in total. The van der Waals surface area contributed by atoms with Crippen molar-refractivity contribution in [3.63, 3.8) is 0 Å². The SMILES string of the molecule is COc1ccc(Br)c2c1-c1nc(/N=C/c3c(OC)ccc4ccccc34)sc1C2. The summed E-state index contributed by atoms with van der Waals surface area (Å²) >= 11 is 5.27. The summed E-state index contributed by atoms with van der Waals surface area (Å²) in [6.45, 7) is 0. The number of ether oxygens (including phenoxy) is 2. The summed E-state index contributed by atoms with van der Waals surface area (Å²) in [6, 6.07) is 16.3. The van der Waals surface area contributed by atoms with E-state index < -0.39 is 0 Å². The van der Waals surface area contributed by atoms with E-state index in [1.807, 2.05) is 36.5 Å². The zero-order valence-electron chi connectivity index (χ0n) is 15.9. The van der Waals surface area contributed by atoms with Gasteiger partial charge in [0.15, 0.2) is 0 Å². The Kier molecular flexibility index (Phi) is 4.60. The van der Waals surface area contributed by atoms with Crippen LogP contribution < -0.4 is 9.47 Å². The smallest absolute Gasteiger partial charge is 0.209 e. The highest BCUT2D eigenvalue weighted by molar-refractivity contribution is 9.10. The van der Waals surface area contributed by atoms with Gasteiger partial charge in [0.05, 0.1) is 19.9 Å². The molecule has 144 valence electrons. The summed E-state index contributed by atoms with van der Waals surface area (Å²) < 4.78 is 12.2. The van der Waals surface area contributed by atoms with Gasteiger partial charge in [0, 0.05) is 33.1 Å². The zero-order chi connectivity index (χ0) is 20.0. The summed E-state index contributed by atoms with van der Waals surface area (Å²) in [5, 5.41) is 2.99. The highest BCUT2D eigenvalue weighted by Crippen LogP contribution is 2.48. The van der Waals surface area contributed by atoms with Gasteiger partial charge in [-0.25, -0.2) is 9.98 Å². The molecule has 4 nitrogen and oxygen atoms in total. The maximum absolute atomic E-state index is 5.57. The van der Waals surface area contributed by atoms with Crippen LogP contribution in [0.15, 0.2) is 58.0 Å². The molecule has 0 bridgehead atoms. The van der Waals surface area contributed by atoms with Crippen molar-refractivity contribution in [1.29, 1.82) is 0 Å². The van der Waals surface area contributed by atoms with Gasteiger partial charge >= 0.3 is 0 Å². The third-order valence-electron chi connectivity index (χ3n) is 5.15. The fourth-order valence-corrected chi connectivity index (χ4v) is 5.17. The molecule has 0 spiro atoms. The van der Waals surface area contributed by atoms with Gasteiger partial charge in [-0.05, 0) is 34.5 Å². The van der Waals surface area contributed by atoms with Crippen molar-refractivity contribution in [2.45, 2.75) is 6.42 Å². The quantitative estimate of drug-likeness (QED) is 0.289. The molecular formula is C23H17BrN2O2S. The predicted molar refractivity (Wildman–Crippen MR) is 122 cm³/mol. The normalized spacial score (nSPS) is 12.4. The molecule has 0 saturated heterocycles. The van der Waals surface area contributed by atoms with Gasteiger partial charge in [0.1, 0.15) is 11.5 Å². The highest BCUT2D eigenvalue weighted by Gasteiger charge is 2.28. The number of aliphatic imine (C=N–C) groups is 1. The van der Waals surface area contributed by atoms with Crippen LogP contribution in [-0.4, -0.2) is 25.4 Å². The molecule has 0 radical (unpaired) electrons. The maximum atomic E-state index is 5.57. The number of benzene rings is 3. The van der Waals surface area contributed by atoms with Crippen LogP contribution in [0, 0.1) is 0 Å². The minimum absolute atomic E-state index is 0.734.